The summed E-state index contributed by atoms with van der Waals surface area (Å²) in [5.74, 6) is 0. The molecule has 0 radical (unpaired) electrons. The zero-order chi connectivity index (χ0) is 8.72. The number of nitrogens with two attached hydrogens (primary N) is 1. The van der Waals surface area contributed by atoms with Gasteiger partial charge in [-0.1, -0.05) is 12.1 Å². The van der Waals surface area contributed by atoms with Gasteiger partial charge in [-0.25, -0.2) is 0 Å². The van der Waals surface area contributed by atoms with Crippen molar-refractivity contribution in [3.05, 3.63) is 30.0 Å². The van der Waals surface area contributed by atoms with E-state index in [1.165, 1.54) is 11.1 Å². The smallest absolute Gasteiger partial charge is 0.0573 e. The van der Waals surface area contributed by atoms with Gasteiger partial charge in [0.15, 0.2) is 0 Å². The number of benzene rings is 1. The summed E-state index contributed by atoms with van der Waals surface area (Å²) in [6.45, 7) is 2.09. The molecule has 0 saturated carbocycles. The number of nitrogens with zero attached hydrogens (tertiary/aromatic N) is 1. The van der Waals surface area contributed by atoms with Gasteiger partial charge in [0.05, 0.1) is 11.2 Å². The van der Waals surface area contributed by atoms with Gasteiger partial charge in [0.1, 0.15) is 0 Å². The second-order valence-corrected chi connectivity index (χ2v) is 3.22. The van der Waals surface area contributed by atoms with Crippen molar-refractivity contribution in [2.45, 2.75) is 6.92 Å². The molecule has 0 atom stereocenters. The lowest BCUT2D eigenvalue weighted by Gasteiger charge is -1.96. The molecule has 1 aromatic heterocycles. The average Bonchev–Trinajstić information content (AvgIpc) is 2.28. The van der Waals surface area contributed by atoms with Crippen molar-refractivity contribution in [1.82, 2.24) is 4.57 Å². The molecule has 2 nitrogen and oxygen atoms in total. The lowest BCUT2D eigenvalue weighted by atomic mass is 10.2. The maximum Gasteiger partial charge on any atom is 0.0573 e. The first-order valence-corrected chi connectivity index (χ1v) is 3.99. The van der Waals surface area contributed by atoms with Crippen molar-refractivity contribution in [2.75, 3.05) is 5.73 Å². The van der Waals surface area contributed by atoms with Crippen LogP contribution in [0.15, 0.2) is 24.4 Å². The van der Waals surface area contributed by atoms with E-state index in [0.29, 0.717) is 0 Å². The van der Waals surface area contributed by atoms with Gasteiger partial charge in [-0.3, -0.25) is 0 Å². The van der Waals surface area contributed by atoms with E-state index in [0.717, 1.165) is 11.1 Å². The van der Waals surface area contributed by atoms with Crippen LogP contribution in [0.5, 0.6) is 0 Å². The molecule has 2 rings (SSSR count). The normalized spacial score (nSPS) is 10.8. The fourth-order valence-electron chi connectivity index (χ4n) is 1.53. The molecule has 0 spiro atoms. The molecule has 0 aliphatic heterocycles. The summed E-state index contributed by atoms with van der Waals surface area (Å²) >= 11 is 0. The monoisotopic (exact) mass is 160 g/mol. The number of hydrogen-bond donors (Lipinski definition) is 1. The summed E-state index contributed by atoms with van der Waals surface area (Å²) in [4.78, 5) is 0. The third-order valence-electron chi connectivity index (χ3n) is 2.18. The number of hydrogen-bond acceptors (Lipinski definition) is 1. The second-order valence-electron chi connectivity index (χ2n) is 3.22. The molecule has 0 unspecified atom stereocenters. The van der Waals surface area contributed by atoms with Crippen molar-refractivity contribution in [3.8, 4) is 0 Å². The predicted molar refractivity (Wildman–Crippen MR) is 52.1 cm³/mol. The Kier molecular flexibility index (Phi) is 1.37. The first-order valence-electron chi connectivity index (χ1n) is 3.99. The minimum absolute atomic E-state index is 0.854. The Hall–Kier alpha value is -1.44. The van der Waals surface area contributed by atoms with E-state index in [1.54, 1.807) is 0 Å². The van der Waals surface area contributed by atoms with Crippen molar-refractivity contribution in [1.29, 1.82) is 0 Å². The molecule has 0 bridgehead atoms. The summed E-state index contributed by atoms with van der Waals surface area (Å²) < 4.78 is 2.05. The number of aryl methyl sites for hydroxylation is 2. The average molecular weight is 160 g/mol. The van der Waals surface area contributed by atoms with E-state index in [-0.39, 0.29) is 0 Å². The van der Waals surface area contributed by atoms with Crippen LogP contribution in [0.3, 0.4) is 0 Å². The number of rotatable bonds is 0. The highest BCUT2D eigenvalue weighted by Crippen LogP contribution is 2.22. The number of anilines is 1. The molecule has 62 valence electrons. The minimum Gasteiger partial charge on any atom is -0.397 e. The second kappa shape index (κ2) is 2.27. The van der Waals surface area contributed by atoms with E-state index >= 15 is 0 Å². The summed E-state index contributed by atoms with van der Waals surface area (Å²) in [7, 11) is 2.01. The van der Waals surface area contributed by atoms with Crippen LogP contribution in [-0.4, -0.2) is 4.57 Å². The Morgan fingerprint density at radius 2 is 2.08 bits per heavy atom. The topological polar surface area (TPSA) is 30.9 Å². The summed E-state index contributed by atoms with van der Waals surface area (Å²) in [5, 5.41) is 1.14. The zero-order valence-corrected chi connectivity index (χ0v) is 7.33. The van der Waals surface area contributed by atoms with Gasteiger partial charge >= 0.3 is 0 Å². The maximum absolute atomic E-state index is 5.81. The van der Waals surface area contributed by atoms with Crippen LogP contribution in [0.4, 0.5) is 5.69 Å². The predicted octanol–water partition coefficient (Wildman–Crippen LogP) is 2.07. The first kappa shape index (κ1) is 7.22. The molecule has 2 aromatic rings. The molecule has 0 aliphatic rings. The first-order chi connectivity index (χ1) is 5.68. The summed E-state index contributed by atoms with van der Waals surface area (Å²) in [6.07, 6.45) is 1.95. The van der Waals surface area contributed by atoms with Crippen molar-refractivity contribution >= 4 is 16.6 Å². The highest BCUT2D eigenvalue weighted by Gasteiger charge is 2.01. The fraction of sp³-hybridized carbons (Fsp3) is 0.200. The summed E-state index contributed by atoms with van der Waals surface area (Å²) in [5.41, 5.74) is 9.13. The van der Waals surface area contributed by atoms with Crippen LogP contribution in [0.25, 0.3) is 10.9 Å². The van der Waals surface area contributed by atoms with Crippen LogP contribution in [0, 0.1) is 6.92 Å². The summed E-state index contributed by atoms with van der Waals surface area (Å²) in [6, 6.07) is 6.30. The molecule has 0 saturated heterocycles. The standard InChI is InChI=1S/C10H12N2/c1-7-3-4-8-9(11)6-12(2)10(8)5-7/h3-6H,11H2,1-2H3. The highest BCUT2D eigenvalue weighted by molar-refractivity contribution is 5.92. The van der Waals surface area contributed by atoms with Gasteiger partial charge in [-0.15, -0.1) is 0 Å². The van der Waals surface area contributed by atoms with Gasteiger partial charge < -0.3 is 10.3 Å². The maximum atomic E-state index is 5.81. The van der Waals surface area contributed by atoms with Gasteiger partial charge in [-0.2, -0.15) is 0 Å². The largest absolute Gasteiger partial charge is 0.397 e. The highest BCUT2D eigenvalue weighted by atomic mass is 14.9. The van der Waals surface area contributed by atoms with Crippen molar-refractivity contribution in [3.63, 3.8) is 0 Å². The zero-order valence-electron chi connectivity index (χ0n) is 7.33. The van der Waals surface area contributed by atoms with Crippen molar-refractivity contribution < 1.29 is 0 Å². The fourth-order valence-corrected chi connectivity index (χ4v) is 1.53. The van der Waals surface area contributed by atoms with E-state index in [1.807, 2.05) is 13.2 Å². The quantitative estimate of drug-likeness (QED) is 0.628. The van der Waals surface area contributed by atoms with Gasteiger partial charge in [0.25, 0.3) is 0 Å². The molecule has 2 heteroatoms. The molecule has 0 fully saturated rings. The Labute approximate surface area is 71.6 Å². The Morgan fingerprint density at radius 1 is 1.33 bits per heavy atom. The van der Waals surface area contributed by atoms with E-state index in [4.69, 9.17) is 5.73 Å². The third kappa shape index (κ3) is 0.881. The molecule has 0 aliphatic carbocycles. The van der Waals surface area contributed by atoms with Gasteiger partial charge in [0, 0.05) is 18.6 Å². The molecule has 12 heavy (non-hydrogen) atoms. The lowest BCUT2D eigenvalue weighted by Crippen LogP contribution is -1.83. The molecule has 0 amide bonds. The molecule has 1 aromatic carbocycles. The SMILES string of the molecule is Cc1ccc2c(N)cn(C)c2c1. The Morgan fingerprint density at radius 3 is 2.83 bits per heavy atom. The van der Waals surface area contributed by atoms with E-state index < -0.39 is 0 Å². The third-order valence-corrected chi connectivity index (χ3v) is 2.18. The van der Waals surface area contributed by atoms with Crippen LogP contribution in [0.2, 0.25) is 0 Å². The Balaban J connectivity index is 2.90. The number of aromatic nitrogens is 1. The van der Waals surface area contributed by atoms with Crippen LogP contribution >= 0.6 is 0 Å². The lowest BCUT2D eigenvalue weighted by molar-refractivity contribution is 0.970. The van der Waals surface area contributed by atoms with Crippen LogP contribution in [0.1, 0.15) is 5.56 Å². The van der Waals surface area contributed by atoms with E-state index in [9.17, 15) is 0 Å². The molecule has 1 heterocycles. The van der Waals surface area contributed by atoms with Gasteiger partial charge in [-0.05, 0) is 18.6 Å². The molecule has 2 N–H and O–H groups in total. The number of nitrogen functional groups attached to an aromatic ring is 1. The van der Waals surface area contributed by atoms with Crippen LogP contribution < -0.4 is 5.73 Å². The van der Waals surface area contributed by atoms with Crippen LogP contribution in [-0.2, 0) is 7.05 Å². The Bertz CT molecular complexity index is 427. The van der Waals surface area contributed by atoms with Gasteiger partial charge in [0.2, 0.25) is 0 Å². The molecular weight excluding hydrogens is 148 g/mol. The van der Waals surface area contributed by atoms with E-state index in [2.05, 4.69) is 29.7 Å². The number of fused-ring (bicyclic) bond motifs is 1. The molecular formula is C10H12N2. The van der Waals surface area contributed by atoms with Crippen molar-refractivity contribution in [2.24, 2.45) is 7.05 Å². The minimum atomic E-state index is 0.854.